The average Bonchev–Trinajstić information content (AvgIpc) is 2.42. The van der Waals surface area contributed by atoms with E-state index in [2.05, 4.69) is 25.8 Å². The molecule has 18 heavy (non-hydrogen) atoms. The highest BCUT2D eigenvalue weighted by Gasteiger charge is 2.01. The van der Waals surface area contributed by atoms with Crippen LogP contribution in [0.3, 0.4) is 0 Å². The highest BCUT2D eigenvalue weighted by molar-refractivity contribution is 9.10. The molecular formula is C14H15BrN2O. The molecule has 0 unspecified atom stereocenters. The molecule has 0 aliphatic rings. The SMILES string of the molecule is CN(CCOc1ccc(Br)cc1)c1ccccn1. The molecular weight excluding hydrogens is 292 g/mol. The van der Waals surface area contributed by atoms with Crippen molar-refractivity contribution in [3.05, 3.63) is 53.1 Å². The van der Waals surface area contributed by atoms with Gasteiger partial charge in [-0.1, -0.05) is 22.0 Å². The van der Waals surface area contributed by atoms with Crippen molar-refractivity contribution >= 4 is 21.7 Å². The maximum absolute atomic E-state index is 5.66. The van der Waals surface area contributed by atoms with E-state index in [4.69, 9.17) is 4.74 Å². The van der Waals surface area contributed by atoms with Gasteiger partial charge in [0.1, 0.15) is 18.2 Å². The van der Waals surface area contributed by atoms with Gasteiger partial charge in [0, 0.05) is 17.7 Å². The van der Waals surface area contributed by atoms with E-state index in [-0.39, 0.29) is 0 Å². The lowest BCUT2D eigenvalue weighted by molar-refractivity contribution is 0.325. The van der Waals surface area contributed by atoms with E-state index in [9.17, 15) is 0 Å². The van der Waals surface area contributed by atoms with Crippen LogP contribution in [0.15, 0.2) is 53.1 Å². The van der Waals surface area contributed by atoms with Gasteiger partial charge in [-0.05, 0) is 36.4 Å². The van der Waals surface area contributed by atoms with Gasteiger partial charge in [0.15, 0.2) is 0 Å². The van der Waals surface area contributed by atoms with Crippen LogP contribution in [-0.4, -0.2) is 25.2 Å². The number of hydrogen-bond donors (Lipinski definition) is 0. The first kappa shape index (κ1) is 12.9. The number of rotatable bonds is 5. The molecule has 94 valence electrons. The third-order valence-corrected chi connectivity index (χ3v) is 3.08. The van der Waals surface area contributed by atoms with Crippen molar-refractivity contribution in [1.82, 2.24) is 4.98 Å². The van der Waals surface area contributed by atoms with Crippen molar-refractivity contribution in [3.8, 4) is 5.75 Å². The number of ether oxygens (including phenoxy) is 1. The molecule has 2 aromatic rings. The molecule has 3 nitrogen and oxygen atoms in total. The number of aromatic nitrogens is 1. The third kappa shape index (κ3) is 3.74. The molecule has 0 N–H and O–H groups in total. The van der Waals surface area contributed by atoms with Gasteiger partial charge in [-0.25, -0.2) is 4.98 Å². The van der Waals surface area contributed by atoms with Crippen LogP contribution in [0.5, 0.6) is 5.75 Å². The number of likely N-dealkylation sites (N-methyl/N-ethyl adjacent to an activating group) is 1. The Bertz CT molecular complexity index is 473. The number of benzene rings is 1. The molecule has 0 spiro atoms. The maximum atomic E-state index is 5.66. The smallest absolute Gasteiger partial charge is 0.128 e. The Morgan fingerprint density at radius 3 is 2.61 bits per heavy atom. The summed E-state index contributed by atoms with van der Waals surface area (Å²) in [5.41, 5.74) is 0. The van der Waals surface area contributed by atoms with E-state index in [1.165, 1.54) is 0 Å². The van der Waals surface area contributed by atoms with Crippen LogP contribution in [0.25, 0.3) is 0 Å². The fraction of sp³-hybridized carbons (Fsp3) is 0.214. The molecule has 4 heteroatoms. The van der Waals surface area contributed by atoms with Gasteiger partial charge >= 0.3 is 0 Å². The van der Waals surface area contributed by atoms with Gasteiger partial charge in [-0.3, -0.25) is 0 Å². The van der Waals surface area contributed by atoms with Gasteiger partial charge < -0.3 is 9.64 Å². The highest BCUT2D eigenvalue weighted by atomic mass is 79.9. The van der Waals surface area contributed by atoms with Crippen LogP contribution in [0.4, 0.5) is 5.82 Å². The first-order chi connectivity index (χ1) is 8.75. The van der Waals surface area contributed by atoms with Crippen LogP contribution in [0, 0.1) is 0 Å². The van der Waals surface area contributed by atoms with E-state index in [1.54, 1.807) is 6.20 Å². The van der Waals surface area contributed by atoms with E-state index in [0.717, 1.165) is 22.6 Å². The molecule has 0 atom stereocenters. The molecule has 0 bridgehead atoms. The molecule has 1 aromatic heterocycles. The van der Waals surface area contributed by atoms with Crippen LogP contribution in [-0.2, 0) is 0 Å². The molecule has 1 aromatic carbocycles. The van der Waals surface area contributed by atoms with Gasteiger partial charge in [0.25, 0.3) is 0 Å². The van der Waals surface area contributed by atoms with Crippen LogP contribution >= 0.6 is 15.9 Å². The fourth-order valence-electron chi connectivity index (χ4n) is 1.53. The predicted octanol–water partition coefficient (Wildman–Crippen LogP) is 3.36. The molecule has 0 amide bonds. The minimum absolute atomic E-state index is 0.634. The zero-order valence-corrected chi connectivity index (χ0v) is 11.8. The summed E-state index contributed by atoms with van der Waals surface area (Å²) in [6.45, 7) is 1.43. The quantitative estimate of drug-likeness (QED) is 0.847. The van der Waals surface area contributed by atoms with Crippen molar-refractivity contribution < 1.29 is 4.74 Å². The van der Waals surface area contributed by atoms with Crippen molar-refractivity contribution in [2.24, 2.45) is 0 Å². The van der Waals surface area contributed by atoms with E-state index in [1.807, 2.05) is 49.5 Å². The van der Waals surface area contributed by atoms with Crippen molar-refractivity contribution in [1.29, 1.82) is 0 Å². The Hall–Kier alpha value is -1.55. The van der Waals surface area contributed by atoms with Crippen molar-refractivity contribution in [3.63, 3.8) is 0 Å². The standard InChI is InChI=1S/C14H15BrN2O/c1-17(14-4-2-3-9-16-14)10-11-18-13-7-5-12(15)6-8-13/h2-9H,10-11H2,1H3. The van der Waals surface area contributed by atoms with Gasteiger partial charge in [0.2, 0.25) is 0 Å². The number of nitrogens with zero attached hydrogens (tertiary/aromatic N) is 2. The summed E-state index contributed by atoms with van der Waals surface area (Å²) in [7, 11) is 2.01. The van der Waals surface area contributed by atoms with Crippen LogP contribution in [0.1, 0.15) is 0 Å². The minimum Gasteiger partial charge on any atom is -0.492 e. The van der Waals surface area contributed by atoms with Crippen molar-refractivity contribution in [2.75, 3.05) is 25.1 Å². The molecule has 1 heterocycles. The molecule has 0 aliphatic carbocycles. The van der Waals surface area contributed by atoms with Gasteiger partial charge in [0.05, 0.1) is 6.54 Å². The highest BCUT2D eigenvalue weighted by Crippen LogP contribution is 2.16. The summed E-state index contributed by atoms with van der Waals surface area (Å²) in [5, 5.41) is 0. The minimum atomic E-state index is 0.634. The average molecular weight is 307 g/mol. The molecule has 0 saturated heterocycles. The number of anilines is 1. The van der Waals surface area contributed by atoms with Gasteiger partial charge in [-0.15, -0.1) is 0 Å². The second-order valence-corrected chi connectivity index (χ2v) is 4.83. The lowest BCUT2D eigenvalue weighted by Crippen LogP contribution is -2.24. The second-order valence-electron chi connectivity index (χ2n) is 3.91. The lowest BCUT2D eigenvalue weighted by Gasteiger charge is -2.18. The third-order valence-electron chi connectivity index (χ3n) is 2.55. The Balaban J connectivity index is 1.80. The first-order valence-corrected chi connectivity index (χ1v) is 6.55. The molecule has 0 aliphatic heterocycles. The topological polar surface area (TPSA) is 25.4 Å². The Morgan fingerprint density at radius 2 is 1.94 bits per heavy atom. The maximum Gasteiger partial charge on any atom is 0.128 e. The summed E-state index contributed by atoms with van der Waals surface area (Å²) in [4.78, 5) is 6.35. The Kier molecular flexibility index (Phi) is 4.59. The summed E-state index contributed by atoms with van der Waals surface area (Å²) < 4.78 is 6.72. The first-order valence-electron chi connectivity index (χ1n) is 5.76. The predicted molar refractivity (Wildman–Crippen MR) is 77.1 cm³/mol. The normalized spacial score (nSPS) is 10.1. The van der Waals surface area contributed by atoms with Crippen molar-refractivity contribution in [2.45, 2.75) is 0 Å². The number of hydrogen-bond acceptors (Lipinski definition) is 3. The Labute approximate surface area is 116 Å². The van der Waals surface area contributed by atoms with Crippen LogP contribution in [0.2, 0.25) is 0 Å². The molecule has 0 fully saturated rings. The molecule has 0 saturated carbocycles. The number of pyridine rings is 1. The zero-order chi connectivity index (χ0) is 12.8. The largest absolute Gasteiger partial charge is 0.492 e. The van der Waals surface area contributed by atoms with E-state index in [0.29, 0.717) is 6.61 Å². The summed E-state index contributed by atoms with van der Waals surface area (Å²) in [6, 6.07) is 13.7. The second kappa shape index (κ2) is 6.40. The van der Waals surface area contributed by atoms with E-state index >= 15 is 0 Å². The number of halogens is 1. The lowest BCUT2D eigenvalue weighted by atomic mass is 10.3. The molecule has 0 radical (unpaired) electrons. The van der Waals surface area contributed by atoms with Gasteiger partial charge in [-0.2, -0.15) is 0 Å². The fourth-order valence-corrected chi connectivity index (χ4v) is 1.79. The summed E-state index contributed by atoms with van der Waals surface area (Å²) >= 11 is 3.40. The monoisotopic (exact) mass is 306 g/mol. The summed E-state index contributed by atoms with van der Waals surface area (Å²) in [6.07, 6.45) is 1.79. The molecule has 2 rings (SSSR count). The van der Waals surface area contributed by atoms with Crippen LogP contribution < -0.4 is 9.64 Å². The Morgan fingerprint density at radius 1 is 1.17 bits per heavy atom. The zero-order valence-electron chi connectivity index (χ0n) is 10.2. The summed E-state index contributed by atoms with van der Waals surface area (Å²) in [5.74, 6) is 1.84. The van der Waals surface area contributed by atoms with E-state index < -0.39 is 0 Å².